The normalized spacial score (nSPS) is 10.3. The number of aromatic amines is 1. The van der Waals surface area contributed by atoms with Crippen LogP contribution in [-0.4, -0.2) is 4.98 Å². The average Bonchev–Trinajstić information content (AvgIpc) is 2.30. The largest absolute Gasteiger partial charge is 0.346 e. The van der Waals surface area contributed by atoms with Crippen molar-refractivity contribution in [3.63, 3.8) is 0 Å². The molecule has 1 N–H and O–H groups in total. The van der Waals surface area contributed by atoms with E-state index in [0.717, 1.165) is 16.8 Å². The topological polar surface area (TPSA) is 15.8 Å². The van der Waals surface area contributed by atoms with Crippen LogP contribution in [0.25, 0.3) is 11.3 Å². The van der Waals surface area contributed by atoms with Crippen molar-refractivity contribution in [1.82, 2.24) is 4.98 Å². The number of hydrogen-bond acceptors (Lipinski definition) is 1. The first-order chi connectivity index (χ1) is 7.79. The molecule has 2 rings (SSSR count). The van der Waals surface area contributed by atoms with Crippen LogP contribution in [0.5, 0.6) is 0 Å². The third kappa shape index (κ3) is 2.58. The Hall–Kier alpha value is -1.41. The van der Waals surface area contributed by atoms with Crippen LogP contribution >= 0.6 is 12.2 Å². The van der Waals surface area contributed by atoms with E-state index >= 15 is 0 Å². The van der Waals surface area contributed by atoms with Gasteiger partial charge < -0.3 is 4.98 Å². The van der Waals surface area contributed by atoms with Crippen molar-refractivity contribution in [2.75, 3.05) is 0 Å². The van der Waals surface area contributed by atoms with Crippen molar-refractivity contribution in [2.45, 2.75) is 19.8 Å². The second-order valence-corrected chi connectivity index (χ2v) is 4.32. The summed E-state index contributed by atoms with van der Waals surface area (Å²) in [5.41, 5.74) is 3.67. The minimum Gasteiger partial charge on any atom is -0.346 e. The van der Waals surface area contributed by atoms with Crippen LogP contribution in [0.4, 0.5) is 0 Å². The zero-order valence-corrected chi connectivity index (χ0v) is 10.2. The molecule has 0 radical (unpaired) electrons. The summed E-state index contributed by atoms with van der Waals surface area (Å²) < 4.78 is 0.776. The Labute approximate surface area is 101 Å². The highest BCUT2D eigenvalue weighted by atomic mass is 32.1. The molecule has 2 heteroatoms. The van der Waals surface area contributed by atoms with Crippen LogP contribution in [0.15, 0.2) is 42.5 Å². The maximum absolute atomic E-state index is 5.13. The average molecular weight is 229 g/mol. The predicted octanol–water partition coefficient (Wildman–Crippen LogP) is 4.36. The molecular formula is C14H15NS. The fourth-order valence-corrected chi connectivity index (χ4v) is 1.99. The molecule has 0 aliphatic rings. The summed E-state index contributed by atoms with van der Waals surface area (Å²) in [5, 5.41) is 0. The Kier molecular flexibility index (Phi) is 3.52. The fourth-order valence-electron chi connectivity index (χ4n) is 1.80. The second kappa shape index (κ2) is 5.08. The third-order valence-corrected chi connectivity index (χ3v) is 2.78. The Morgan fingerprint density at radius 2 is 1.94 bits per heavy atom. The maximum Gasteiger partial charge on any atom is 0.103 e. The number of hydrogen-bond donors (Lipinski definition) is 1. The van der Waals surface area contributed by atoms with Gasteiger partial charge in [-0.25, -0.2) is 0 Å². The molecule has 0 unspecified atom stereocenters. The molecule has 0 aliphatic heterocycles. The molecule has 0 aliphatic carbocycles. The lowest BCUT2D eigenvalue weighted by atomic mass is 10.0. The summed E-state index contributed by atoms with van der Waals surface area (Å²) in [5.74, 6) is 0. The van der Waals surface area contributed by atoms with Gasteiger partial charge in [0.25, 0.3) is 0 Å². The van der Waals surface area contributed by atoms with Crippen LogP contribution in [0.3, 0.4) is 0 Å². The van der Waals surface area contributed by atoms with Crippen LogP contribution in [0.1, 0.15) is 18.9 Å². The quantitative estimate of drug-likeness (QED) is 0.773. The van der Waals surface area contributed by atoms with Crippen molar-refractivity contribution < 1.29 is 0 Å². The summed E-state index contributed by atoms with van der Waals surface area (Å²) in [6, 6.07) is 14.6. The molecule has 82 valence electrons. The first-order valence-electron chi connectivity index (χ1n) is 5.58. The third-order valence-electron chi connectivity index (χ3n) is 2.55. The molecule has 0 atom stereocenters. The van der Waals surface area contributed by atoms with Crippen molar-refractivity contribution >= 4 is 12.2 Å². The van der Waals surface area contributed by atoms with Crippen LogP contribution in [0.2, 0.25) is 0 Å². The molecule has 0 spiro atoms. The molecule has 2 aromatic rings. The van der Waals surface area contributed by atoms with Crippen molar-refractivity contribution in [2.24, 2.45) is 0 Å². The van der Waals surface area contributed by atoms with E-state index in [4.69, 9.17) is 12.2 Å². The number of nitrogens with one attached hydrogen (secondary N) is 1. The minimum absolute atomic E-state index is 0.776. The van der Waals surface area contributed by atoms with Crippen molar-refractivity contribution in [3.8, 4) is 11.3 Å². The van der Waals surface area contributed by atoms with E-state index in [2.05, 4.69) is 42.2 Å². The van der Waals surface area contributed by atoms with Gasteiger partial charge in [0.05, 0.1) is 0 Å². The monoisotopic (exact) mass is 229 g/mol. The molecule has 0 saturated heterocycles. The van der Waals surface area contributed by atoms with Gasteiger partial charge in [-0.15, -0.1) is 0 Å². The smallest absolute Gasteiger partial charge is 0.103 e. The summed E-state index contributed by atoms with van der Waals surface area (Å²) in [4.78, 5) is 3.21. The molecule has 0 fully saturated rings. The van der Waals surface area contributed by atoms with E-state index in [-0.39, 0.29) is 0 Å². The number of aromatic nitrogens is 1. The van der Waals surface area contributed by atoms with E-state index in [0.29, 0.717) is 0 Å². The Bertz CT molecular complexity index is 528. The summed E-state index contributed by atoms with van der Waals surface area (Å²) in [6.45, 7) is 2.20. The van der Waals surface area contributed by atoms with Crippen LogP contribution < -0.4 is 0 Å². The standard InChI is InChI=1S/C14H15NS/c1-2-5-11-6-3-7-12(10-11)13-8-4-9-14(16)15-13/h3-4,6-10H,2,5H2,1H3,(H,15,16). The van der Waals surface area contributed by atoms with Gasteiger partial charge in [-0.2, -0.15) is 0 Å². The number of H-pyrrole nitrogens is 1. The van der Waals surface area contributed by atoms with Gasteiger partial charge >= 0.3 is 0 Å². The summed E-state index contributed by atoms with van der Waals surface area (Å²) >= 11 is 5.13. The SMILES string of the molecule is CCCc1cccc(-c2cccc(=S)[nH]2)c1. The fraction of sp³-hybridized carbons (Fsp3) is 0.214. The first kappa shape index (κ1) is 11.1. The van der Waals surface area contributed by atoms with E-state index in [1.165, 1.54) is 17.5 Å². The molecule has 1 nitrogen and oxygen atoms in total. The van der Waals surface area contributed by atoms with Gasteiger partial charge in [-0.1, -0.05) is 49.8 Å². The molecular weight excluding hydrogens is 214 g/mol. The van der Waals surface area contributed by atoms with Gasteiger partial charge in [0.1, 0.15) is 4.64 Å². The van der Waals surface area contributed by atoms with Gasteiger partial charge in [0.2, 0.25) is 0 Å². The predicted molar refractivity (Wildman–Crippen MR) is 71.1 cm³/mol. The lowest BCUT2D eigenvalue weighted by molar-refractivity contribution is 0.922. The van der Waals surface area contributed by atoms with Gasteiger partial charge in [-0.3, -0.25) is 0 Å². The van der Waals surface area contributed by atoms with Crippen molar-refractivity contribution in [3.05, 3.63) is 52.7 Å². The Morgan fingerprint density at radius 3 is 2.69 bits per heavy atom. The number of benzene rings is 1. The zero-order valence-electron chi connectivity index (χ0n) is 9.36. The molecule has 1 aromatic heterocycles. The van der Waals surface area contributed by atoms with Gasteiger partial charge in [0, 0.05) is 5.69 Å². The molecule has 0 amide bonds. The molecule has 0 bridgehead atoms. The molecule has 0 saturated carbocycles. The van der Waals surface area contributed by atoms with E-state index in [1.54, 1.807) is 0 Å². The minimum atomic E-state index is 0.776. The highest BCUT2D eigenvalue weighted by Crippen LogP contribution is 2.18. The summed E-state index contributed by atoms with van der Waals surface area (Å²) in [6.07, 6.45) is 2.30. The van der Waals surface area contributed by atoms with Crippen LogP contribution in [0, 0.1) is 4.64 Å². The van der Waals surface area contributed by atoms with Gasteiger partial charge in [0.15, 0.2) is 0 Å². The van der Waals surface area contributed by atoms with E-state index in [9.17, 15) is 0 Å². The maximum atomic E-state index is 5.13. The van der Waals surface area contributed by atoms with E-state index in [1.807, 2.05) is 12.1 Å². The Morgan fingerprint density at radius 1 is 1.12 bits per heavy atom. The number of pyridine rings is 1. The Balaban J connectivity index is 2.40. The highest BCUT2D eigenvalue weighted by molar-refractivity contribution is 7.71. The lowest BCUT2D eigenvalue weighted by Gasteiger charge is -2.04. The highest BCUT2D eigenvalue weighted by Gasteiger charge is 1.98. The molecule has 1 aromatic carbocycles. The molecule has 16 heavy (non-hydrogen) atoms. The zero-order chi connectivity index (χ0) is 11.4. The number of rotatable bonds is 3. The second-order valence-electron chi connectivity index (χ2n) is 3.88. The van der Waals surface area contributed by atoms with Gasteiger partial charge in [-0.05, 0) is 35.7 Å². The van der Waals surface area contributed by atoms with E-state index < -0.39 is 0 Å². The lowest BCUT2D eigenvalue weighted by Crippen LogP contribution is -1.87. The number of aryl methyl sites for hydroxylation is 1. The molecule has 1 heterocycles. The summed E-state index contributed by atoms with van der Waals surface area (Å²) in [7, 11) is 0. The first-order valence-corrected chi connectivity index (χ1v) is 5.99. The van der Waals surface area contributed by atoms with Crippen LogP contribution in [-0.2, 0) is 6.42 Å². The van der Waals surface area contributed by atoms with Crippen molar-refractivity contribution in [1.29, 1.82) is 0 Å².